The number of rotatable bonds is 6. The number of sulfone groups is 1. The standard InChI is InChI=1S/C28H27ClFN3O3S/c1-17-11-18(2)13-22(12-17)37(35,36)27-23-14-20(29)7-8-25(23)32-26(27)28(34)31-21-9-10-33(16-21)15-19-5-3-4-6-24(19)30/h3-8,11-14,21,32H,9-10,15-16H2,1-2H3,(H,31,34)/t21-/m0/s1. The maximum absolute atomic E-state index is 14.1. The summed E-state index contributed by atoms with van der Waals surface area (Å²) >= 11 is 6.22. The Bertz CT molecular complexity index is 1600. The molecule has 1 aliphatic heterocycles. The highest BCUT2D eigenvalue weighted by atomic mass is 35.5. The van der Waals surface area contributed by atoms with Crippen molar-refractivity contribution >= 4 is 38.2 Å². The van der Waals surface area contributed by atoms with Crippen LogP contribution < -0.4 is 5.32 Å². The molecule has 1 fully saturated rings. The number of hydrogen-bond donors (Lipinski definition) is 2. The molecule has 1 atom stereocenters. The van der Waals surface area contributed by atoms with E-state index < -0.39 is 15.7 Å². The third-order valence-electron chi connectivity index (χ3n) is 6.67. The van der Waals surface area contributed by atoms with Gasteiger partial charge in [-0.2, -0.15) is 0 Å². The second kappa shape index (κ2) is 9.93. The summed E-state index contributed by atoms with van der Waals surface area (Å²) in [6.07, 6.45) is 0.672. The van der Waals surface area contributed by atoms with Gasteiger partial charge >= 0.3 is 0 Å². The van der Waals surface area contributed by atoms with Crippen LogP contribution in [0.25, 0.3) is 10.9 Å². The number of H-pyrrole nitrogens is 1. The molecule has 9 heteroatoms. The van der Waals surface area contributed by atoms with Gasteiger partial charge in [0.25, 0.3) is 5.91 Å². The van der Waals surface area contributed by atoms with Gasteiger partial charge in [0.2, 0.25) is 9.84 Å². The number of halogens is 2. The quantitative estimate of drug-likeness (QED) is 0.343. The Hall–Kier alpha value is -3.20. The Morgan fingerprint density at radius 1 is 1.11 bits per heavy atom. The van der Waals surface area contributed by atoms with Crippen molar-refractivity contribution in [2.45, 2.75) is 42.6 Å². The summed E-state index contributed by atoms with van der Waals surface area (Å²) in [6, 6.07) is 16.4. The van der Waals surface area contributed by atoms with Crippen LogP contribution in [0.3, 0.4) is 0 Å². The summed E-state index contributed by atoms with van der Waals surface area (Å²) in [5, 5.41) is 3.72. The van der Waals surface area contributed by atoms with Gasteiger partial charge in [0, 0.05) is 47.2 Å². The molecule has 2 heterocycles. The minimum atomic E-state index is -4.05. The van der Waals surface area contributed by atoms with Crippen molar-refractivity contribution in [2.75, 3.05) is 13.1 Å². The summed E-state index contributed by atoms with van der Waals surface area (Å²) in [7, 11) is -4.05. The van der Waals surface area contributed by atoms with Crippen molar-refractivity contribution in [1.29, 1.82) is 0 Å². The number of likely N-dealkylation sites (tertiary alicyclic amines) is 1. The molecule has 0 bridgehead atoms. The van der Waals surface area contributed by atoms with Crippen LogP contribution in [0, 0.1) is 19.7 Å². The van der Waals surface area contributed by atoms with Gasteiger partial charge in [0.1, 0.15) is 16.4 Å². The second-order valence-electron chi connectivity index (χ2n) is 9.63. The highest BCUT2D eigenvalue weighted by Crippen LogP contribution is 2.34. The van der Waals surface area contributed by atoms with Crippen LogP contribution in [0.2, 0.25) is 5.02 Å². The normalized spacial score (nSPS) is 16.4. The number of aryl methyl sites for hydroxylation is 2. The first kappa shape index (κ1) is 25.4. The van der Waals surface area contributed by atoms with Crippen LogP contribution >= 0.6 is 11.6 Å². The zero-order valence-corrected chi connectivity index (χ0v) is 22.1. The second-order valence-corrected chi connectivity index (χ2v) is 12.0. The number of nitrogens with one attached hydrogen (secondary N) is 2. The predicted octanol–water partition coefficient (Wildman–Crippen LogP) is 5.41. The number of benzene rings is 3. The van der Waals surface area contributed by atoms with E-state index in [0.717, 1.165) is 11.1 Å². The van der Waals surface area contributed by atoms with Crippen LogP contribution in [0.1, 0.15) is 33.6 Å². The third-order valence-corrected chi connectivity index (χ3v) is 8.73. The molecule has 0 saturated carbocycles. The lowest BCUT2D eigenvalue weighted by molar-refractivity contribution is 0.0930. The fourth-order valence-electron chi connectivity index (χ4n) is 5.00. The van der Waals surface area contributed by atoms with E-state index in [1.807, 2.05) is 19.9 Å². The third kappa shape index (κ3) is 5.14. The molecule has 1 aromatic heterocycles. The summed E-state index contributed by atoms with van der Waals surface area (Å²) < 4.78 is 41.9. The highest BCUT2D eigenvalue weighted by molar-refractivity contribution is 7.91. The van der Waals surface area contributed by atoms with Crippen molar-refractivity contribution in [3.05, 3.63) is 93.9 Å². The van der Waals surface area contributed by atoms with Gasteiger partial charge < -0.3 is 10.3 Å². The number of fused-ring (bicyclic) bond motifs is 1. The maximum Gasteiger partial charge on any atom is 0.269 e. The first-order valence-electron chi connectivity index (χ1n) is 12.0. The Kier molecular flexibility index (Phi) is 6.83. The Balaban J connectivity index is 1.45. The lowest BCUT2D eigenvalue weighted by Crippen LogP contribution is -2.37. The molecule has 0 radical (unpaired) electrons. The van der Waals surface area contributed by atoms with Gasteiger partial charge in [-0.3, -0.25) is 9.69 Å². The Morgan fingerprint density at radius 2 is 1.84 bits per heavy atom. The average molecular weight is 540 g/mol. The zero-order valence-electron chi connectivity index (χ0n) is 20.5. The smallest absolute Gasteiger partial charge is 0.269 e. The van der Waals surface area contributed by atoms with Crippen LogP contribution in [0.15, 0.2) is 70.5 Å². The molecule has 1 amide bonds. The molecule has 192 valence electrons. The molecular weight excluding hydrogens is 513 g/mol. The molecule has 1 saturated heterocycles. The van der Waals surface area contributed by atoms with Crippen LogP contribution in [-0.4, -0.2) is 43.3 Å². The monoisotopic (exact) mass is 539 g/mol. The van der Waals surface area contributed by atoms with E-state index in [1.54, 1.807) is 48.5 Å². The van der Waals surface area contributed by atoms with Gasteiger partial charge in [-0.1, -0.05) is 35.9 Å². The summed E-state index contributed by atoms with van der Waals surface area (Å²) in [5.41, 5.74) is 2.70. The van der Waals surface area contributed by atoms with Gasteiger partial charge in [-0.25, -0.2) is 12.8 Å². The molecule has 6 nitrogen and oxygen atoms in total. The Morgan fingerprint density at radius 3 is 2.57 bits per heavy atom. The molecule has 4 aromatic rings. The largest absolute Gasteiger partial charge is 0.349 e. The summed E-state index contributed by atoms with van der Waals surface area (Å²) in [4.78, 5) is 18.6. The van der Waals surface area contributed by atoms with Crippen LogP contribution in [-0.2, 0) is 16.4 Å². The van der Waals surface area contributed by atoms with Gasteiger partial charge in [0.05, 0.1) is 4.90 Å². The van der Waals surface area contributed by atoms with Crippen molar-refractivity contribution in [3.63, 3.8) is 0 Å². The maximum atomic E-state index is 14.1. The molecule has 1 aliphatic rings. The fourth-order valence-corrected chi connectivity index (χ4v) is 6.96. The molecule has 2 N–H and O–H groups in total. The van der Waals surface area contributed by atoms with Crippen molar-refractivity contribution < 1.29 is 17.6 Å². The molecular formula is C28H27ClFN3O3S. The minimum Gasteiger partial charge on any atom is -0.349 e. The van der Waals surface area contributed by atoms with E-state index in [1.165, 1.54) is 6.07 Å². The van der Waals surface area contributed by atoms with E-state index >= 15 is 0 Å². The van der Waals surface area contributed by atoms with Crippen molar-refractivity contribution in [3.8, 4) is 0 Å². The molecule has 0 unspecified atom stereocenters. The SMILES string of the molecule is Cc1cc(C)cc(S(=O)(=O)c2c(C(=O)N[C@H]3CCN(Cc4ccccc4F)C3)[nH]c3ccc(Cl)cc23)c1. The van der Waals surface area contributed by atoms with E-state index in [4.69, 9.17) is 11.6 Å². The van der Waals surface area contributed by atoms with Crippen LogP contribution in [0.5, 0.6) is 0 Å². The molecule has 0 spiro atoms. The van der Waals surface area contributed by atoms with Gasteiger partial charge in [-0.05, 0) is 67.8 Å². The molecule has 0 aliphatic carbocycles. The minimum absolute atomic E-state index is 0.0241. The van der Waals surface area contributed by atoms with Crippen molar-refractivity contribution in [2.24, 2.45) is 0 Å². The lowest BCUT2D eigenvalue weighted by Gasteiger charge is -2.17. The number of carbonyl (C=O) groups is 1. The Labute approximate surface area is 220 Å². The number of amides is 1. The van der Waals surface area contributed by atoms with Crippen molar-refractivity contribution in [1.82, 2.24) is 15.2 Å². The molecule has 5 rings (SSSR count). The number of carbonyl (C=O) groups excluding carboxylic acids is 1. The number of aromatic nitrogens is 1. The van der Waals surface area contributed by atoms with E-state index in [-0.39, 0.29) is 27.3 Å². The summed E-state index contributed by atoms with van der Waals surface area (Å²) in [5.74, 6) is -0.763. The van der Waals surface area contributed by atoms with Gasteiger partial charge in [-0.15, -0.1) is 0 Å². The number of nitrogens with zero attached hydrogens (tertiary/aromatic N) is 1. The predicted molar refractivity (Wildman–Crippen MR) is 142 cm³/mol. The highest BCUT2D eigenvalue weighted by Gasteiger charge is 2.32. The van der Waals surface area contributed by atoms with E-state index in [9.17, 15) is 17.6 Å². The van der Waals surface area contributed by atoms with E-state index in [2.05, 4.69) is 15.2 Å². The fraction of sp³-hybridized carbons (Fsp3) is 0.250. The average Bonchev–Trinajstić information content (AvgIpc) is 3.44. The summed E-state index contributed by atoms with van der Waals surface area (Å²) in [6.45, 7) is 5.33. The molecule has 37 heavy (non-hydrogen) atoms. The van der Waals surface area contributed by atoms with Crippen LogP contribution in [0.4, 0.5) is 4.39 Å². The molecule has 3 aromatic carbocycles. The topological polar surface area (TPSA) is 82.3 Å². The van der Waals surface area contributed by atoms with E-state index in [0.29, 0.717) is 47.5 Å². The van der Waals surface area contributed by atoms with Gasteiger partial charge in [0.15, 0.2) is 0 Å². The first-order chi connectivity index (χ1) is 17.6. The zero-order chi connectivity index (χ0) is 26.3. The lowest BCUT2D eigenvalue weighted by atomic mass is 10.2. The first-order valence-corrected chi connectivity index (χ1v) is 13.9. The number of hydrogen-bond acceptors (Lipinski definition) is 4. The number of aromatic amines is 1.